The standard InChI is InChI=1S/C18H18FN3O2/c1-13-7-8-22-12-15(20-17(22)11-13)18(23)21(2)9-10-24-16-6-4-3-5-14(16)19/h3-8,11-12H,9-10H2,1-2H3. The van der Waals surface area contributed by atoms with Gasteiger partial charge in [0, 0.05) is 19.4 Å². The molecule has 0 fully saturated rings. The van der Waals surface area contributed by atoms with Gasteiger partial charge < -0.3 is 14.0 Å². The number of benzene rings is 1. The first-order chi connectivity index (χ1) is 11.5. The molecular weight excluding hydrogens is 309 g/mol. The molecule has 0 spiro atoms. The number of pyridine rings is 1. The van der Waals surface area contributed by atoms with Crippen molar-refractivity contribution in [3.05, 3.63) is 65.9 Å². The molecule has 3 aromatic rings. The summed E-state index contributed by atoms with van der Waals surface area (Å²) in [6.45, 7) is 2.51. The lowest BCUT2D eigenvalue weighted by molar-refractivity contribution is 0.0768. The van der Waals surface area contributed by atoms with Crippen LogP contribution in [-0.2, 0) is 0 Å². The summed E-state index contributed by atoms with van der Waals surface area (Å²) in [6.07, 6.45) is 3.57. The molecule has 5 nitrogen and oxygen atoms in total. The molecule has 0 aliphatic carbocycles. The van der Waals surface area contributed by atoms with E-state index in [2.05, 4.69) is 4.98 Å². The Hall–Kier alpha value is -2.89. The lowest BCUT2D eigenvalue weighted by Gasteiger charge is -2.16. The number of aryl methyl sites for hydroxylation is 1. The van der Waals surface area contributed by atoms with E-state index in [1.807, 2.05) is 29.7 Å². The van der Waals surface area contributed by atoms with E-state index in [1.54, 1.807) is 31.4 Å². The Morgan fingerprint density at radius 2 is 2.12 bits per heavy atom. The van der Waals surface area contributed by atoms with E-state index in [9.17, 15) is 9.18 Å². The normalized spacial score (nSPS) is 10.8. The van der Waals surface area contributed by atoms with Crippen molar-refractivity contribution >= 4 is 11.6 Å². The maximum Gasteiger partial charge on any atom is 0.273 e. The predicted molar refractivity (Wildman–Crippen MR) is 88.8 cm³/mol. The number of carbonyl (C=O) groups is 1. The number of para-hydroxylation sites is 1. The summed E-state index contributed by atoms with van der Waals surface area (Å²) in [4.78, 5) is 18.3. The summed E-state index contributed by atoms with van der Waals surface area (Å²) >= 11 is 0. The molecule has 0 aliphatic rings. The molecule has 6 heteroatoms. The minimum atomic E-state index is -0.415. The van der Waals surface area contributed by atoms with Gasteiger partial charge in [0.15, 0.2) is 11.6 Å². The number of hydrogen-bond donors (Lipinski definition) is 0. The number of carbonyl (C=O) groups excluding carboxylic acids is 1. The van der Waals surface area contributed by atoms with Crippen molar-refractivity contribution in [2.45, 2.75) is 6.92 Å². The van der Waals surface area contributed by atoms with Crippen LogP contribution in [0, 0.1) is 12.7 Å². The Bertz CT molecular complexity index is 876. The van der Waals surface area contributed by atoms with Crippen molar-refractivity contribution in [2.24, 2.45) is 0 Å². The minimum Gasteiger partial charge on any atom is -0.489 e. The van der Waals surface area contributed by atoms with Crippen molar-refractivity contribution in [3.63, 3.8) is 0 Å². The first-order valence-corrected chi connectivity index (χ1v) is 7.63. The number of halogens is 1. The largest absolute Gasteiger partial charge is 0.489 e. The van der Waals surface area contributed by atoms with E-state index in [1.165, 1.54) is 11.0 Å². The van der Waals surface area contributed by atoms with Gasteiger partial charge in [0.05, 0.1) is 6.54 Å². The number of amides is 1. The van der Waals surface area contributed by atoms with Crippen LogP contribution in [0.4, 0.5) is 4.39 Å². The zero-order valence-electron chi connectivity index (χ0n) is 13.6. The molecule has 124 valence electrons. The first-order valence-electron chi connectivity index (χ1n) is 7.63. The van der Waals surface area contributed by atoms with Gasteiger partial charge in [0.25, 0.3) is 5.91 Å². The minimum absolute atomic E-state index is 0.182. The van der Waals surface area contributed by atoms with Gasteiger partial charge in [0.2, 0.25) is 0 Å². The van der Waals surface area contributed by atoms with Crippen molar-refractivity contribution in [1.82, 2.24) is 14.3 Å². The second-order valence-electron chi connectivity index (χ2n) is 5.60. The van der Waals surface area contributed by atoms with Crippen LogP contribution in [0.2, 0.25) is 0 Å². The second-order valence-corrected chi connectivity index (χ2v) is 5.60. The summed E-state index contributed by atoms with van der Waals surface area (Å²) < 4.78 is 20.7. The van der Waals surface area contributed by atoms with Crippen LogP contribution in [-0.4, -0.2) is 40.4 Å². The molecule has 1 aromatic carbocycles. The average molecular weight is 327 g/mol. The monoisotopic (exact) mass is 327 g/mol. The molecule has 0 aliphatic heterocycles. The summed E-state index contributed by atoms with van der Waals surface area (Å²) in [5.41, 5.74) is 2.18. The molecule has 2 aromatic heterocycles. The molecule has 0 radical (unpaired) electrons. The topological polar surface area (TPSA) is 46.8 Å². The highest BCUT2D eigenvalue weighted by Crippen LogP contribution is 2.15. The number of rotatable bonds is 5. The Morgan fingerprint density at radius 1 is 1.33 bits per heavy atom. The zero-order chi connectivity index (χ0) is 17.1. The fourth-order valence-corrected chi connectivity index (χ4v) is 2.34. The maximum absolute atomic E-state index is 13.5. The van der Waals surface area contributed by atoms with E-state index in [4.69, 9.17) is 4.74 Å². The summed E-state index contributed by atoms with van der Waals surface area (Å²) in [5.74, 6) is -0.433. The van der Waals surface area contributed by atoms with Gasteiger partial charge in [0.1, 0.15) is 17.9 Å². The van der Waals surface area contributed by atoms with Gasteiger partial charge >= 0.3 is 0 Å². The first kappa shape index (κ1) is 16.0. The molecule has 0 unspecified atom stereocenters. The van der Waals surface area contributed by atoms with E-state index >= 15 is 0 Å². The lowest BCUT2D eigenvalue weighted by atomic mass is 10.3. The van der Waals surface area contributed by atoms with Crippen molar-refractivity contribution in [1.29, 1.82) is 0 Å². The fraction of sp³-hybridized carbons (Fsp3) is 0.222. The number of nitrogens with zero attached hydrogens (tertiary/aromatic N) is 3. The van der Waals surface area contributed by atoms with Crippen LogP contribution in [0.15, 0.2) is 48.8 Å². The van der Waals surface area contributed by atoms with Crippen LogP contribution >= 0.6 is 0 Å². The molecule has 2 heterocycles. The quantitative estimate of drug-likeness (QED) is 0.724. The van der Waals surface area contributed by atoms with Gasteiger partial charge in [-0.3, -0.25) is 4.79 Å². The Morgan fingerprint density at radius 3 is 2.92 bits per heavy atom. The van der Waals surface area contributed by atoms with E-state index in [0.29, 0.717) is 12.2 Å². The number of hydrogen-bond acceptors (Lipinski definition) is 3. The average Bonchev–Trinajstić information content (AvgIpc) is 2.98. The van der Waals surface area contributed by atoms with Gasteiger partial charge in [-0.2, -0.15) is 0 Å². The third-order valence-corrected chi connectivity index (χ3v) is 3.70. The summed E-state index contributed by atoms with van der Waals surface area (Å²) in [6, 6.07) is 10.1. The second kappa shape index (κ2) is 6.70. The highest BCUT2D eigenvalue weighted by atomic mass is 19.1. The van der Waals surface area contributed by atoms with Gasteiger partial charge in [-0.25, -0.2) is 9.37 Å². The van der Waals surface area contributed by atoms with Crippen LogP contribution < -0.4 is 4.74 Å². The number of likely N-dealkylation sites (N-methyl/N-ethyl adjacent to an activating group) is 1. The van der Waals surface area contributed by atoms with Gasteiger partial charge in [-0.1, -0.05) is 12.1 Å². The van der Waals surface area contributed by atoms with E-state index < -0.39 is 5.82 Å². The van der Waals surface area contributed by atoms with Crippen molar-refractivity contribution in [3.8, 4) is 5.75 Å². The smallest absolute Gasteiger partial charge is 0.273 e. The molecule has 0 bridgehead atoms. The Balaban J connectivity index is 1.62. The Labute approximate surface area is 139 Å². The highest BCUT2D eigenvalue weighted by molar-refractivity contribution is 5.92. The molecule has 0 saturated heterocycles. The molecule has 24 heavy (non-hydrogen) atoms. The van der Waals surface area contributed by atoms with Crippen LogP contribution in [0.25, 0.3) is 5.65 Å². The zero-order valence-corrected chi connectivity index (χ0v) is 13.6. The third kappa shape index (κ3) is 3.37. The molecular formula is C18H18FN3O2. The van der Waals surface area contributed by atoms with Crippen LogP contribution in [0.3, 0.4) is 0 Å². The van der Waals surface area contributed by atoms with Crippen molar-refractivity contribution in [2.75, 3.05) is 20.2 Å². The van der Waals surface area contributed by atoms with Gasteiger partial charge in [-0.15, -0.1) is 0 Å². The van der Waals surface area contributed by atoms with Crippen molar-refractivity contribution < 1.29 is 13.9 Å². The lowest BCUT2D eigenvalue weighted by Crippen LogP contribution is -2.31. The van der Waals surface area contributed by atoms with Crippen LogP contribution in [0.5, 0.6) is 5.75 Å². The molecule has 3 rings (SSSR count). The van der Waals surface area contributed by atoms with E-state index in [0.717, 1.165) is 11.2 Å². The van der Waals surface area contributed by atoms with Crippen LogP contribution in [0.1, 0.15) is 16.1 Å². The maximum atomic E-state index is 13.5. The molecule has 0 N–H and O–H groups in total. The molecule has 0 saturated carbocycles. The highest BCUT2D eigenvalue weighted by Gasteiger charge is 2.15. The summed E-state index contributed by atoms with van der Waals surface area (Å²) in [7, 11) is 1.67. The number of imidazole rings is 1. The molecule has 1 amide bonds. The molecule has 0 atom stereocenters. The number of ether oxygens (including phenoxy) is 1. The fourth-order valence-electron chi connectivity index (χ4n) is 2.34. The van der Waals surface area contributed by atoms with E-state index in [-0.39, 0.29) is 18.3 Å². The predicted octanol–water partition coefficient (Wildman–Crippen LogP) is 2.93. The Kier molecular flexibility index (Phi) is 4.46. The van der Waals surface area contributed by atoms with Gasteiger partial charge in [-0.05, 0) is 36.8 Å². The SMILES string of the molecule is Cc1ccn2cc(C(=O)N(C)CCOc3ccccc3F)nc2c1. The summed E-state index contributed by atoms with van der Waals surface area (Å²) in [5, 5.41) is 0. The number of aromatic nitrogens is 2. The third-order valence-electron chi connectivity index (χ3n) is 3.70. The number of fused-ring (bicyclic) bond motifs is 1.